The van der Waals surface area contributed by atoms with Crippen molar-refractivity contribution in [3.63, 3.8) is 0 Å². The molecule has 1 atom stereocenters. The molecule has 2 rings (SSSR count). The van der Waals surface area contributed by atoms with Gasteiger partial charge in [0.25, 0.3) is 5.69 Å². The van der Waals surface area contributed by atoms with E-state index in [1.165, 1.54) is 6.92 Å². The van der Waals surface area contributed by atoms with E-state index in [0.29, 0.717) is 6.07 Å². The quantitative estimate of drug-likeness (QED) is 0.634. The topological polar surface area (TPSA) is 110 Å². The third-order valence-electron chi connectivity index (χ3n) is 3.16. The van der Waals surface area contributed by atoms with Gasteiger partial charge in [0.2, 0.25) is 15.9 Å². The van der Waals surface area contributed by atoms with Crippen LogP contribution < -0.4 is 5.32 Å². The first kappa shape index (κ1) is 15.3. The Morgan fingerprint density at radius 1 is 1.48 bits per heavy atom. The lowest BCUT2D eigenvalue weighted by molar-refractivity contribution is -0.385. The van der Waals surface area contributed by atoms with E-state index in [4.69, 9.17) is 0 Å². The van der Waals surface area contributed by atoms with E-state index in [-0.39, 0.29) is 13.1 Å². The molecule has 8 nitrogen and oxygen atoms in total. The summed E-state index contributed by atoms with van der Waals surface area (Å²) in [4.78, 5) is 20.5. The Kier molecular flexibility index (Phi) is 3.92. The summed E-state index contributed by atoms with van der Waals surface area (Å²) in [6.07, 6.45) is 0. The Morgan fingerprint density at radius 2 is 2.14 bits per heavy atom. The Hall–Kier alpha value is -2.07. The van der Waals surface area contributed by atoms with Crippen LogP contribution >= 0.6 is 0 Å². The number of halogens is 1. The van der Waals surface area contributed by atoms with Crippen LogP contribution in [0.1, 0.15) is 6.92 Å². The largest absolute Gasteiger partial charge is 0.353 e. The zero-order chi connectivity index (χ0) is 15.8. The van der Waals surface area contributed by atoms with Gasteiger partial charge in [0.05, 0.1) is 11.0 Å². The highest BCUT2D eigenvalue weighted by Crippen LogP contribution is 2.25. The fourth-order valence-electron chi connectivity index (χ4n) is 2.03. The van der Waals surface area contributed by atoms with Crippen LogP contribution in [0, 0.1) is 15.9 Å². The van der Waals surface area contributed by atoms with Crippen molar-refractivity contribution in [1.82, 2.24) is 9.62 Å². The molecule has 1 saturated heterocycles. The molecule has 0 radical (unpaired) electrons. The van der Waals surface area contributed by atoms with Crippen molar-refractivity contribution in [2.24, 2.45) is 0 Å². The smallest absolute Gasteiger partial charge is 0.272 e. The van der Waals surface area contributed by atoms with Crippen LogP contribution in [0.3, 0.4) is 0 Å². The van der Waals surface area contributed by atoms with E-state index in [1.54, 1.807) is 0 Å². The maximum Gasteiger partial charge on any atom is 0.272 e. The van der Waals surface area contributed by atoms with Gasteiger partial charge in [-0.15, -0.1) is 0 Å². The SMILES string of the molecule is CC1C(=O)NCCN1S(=O)(=O)c1ccc([N+](=O)[O-])cc1F. The molecule has 21 heavy (non-hydrogen) atoms. The van der Waals surface area contributed by atoms with E-state index in [2.05, 4.69) is 5.32 Å². The van der Waals surface area contributed by atoms with Gasteiger partial charge in [-0.2, -0.15) is 4.31 Å². The first-order valence-electron chi connectivity index (χ1n) is 5.98. The minimum atomic E-state index is -4.24. The predicted molar refractivity (Wildman–Crippen MR) is 69.4 cm³/mol. The Balaban J connectivity index is 2.44. The lowest BCUT2D eigenvalue weighted by Crippen LogP contribution is -2.55. The van der Waals surface area contributed by atoms with E-state index in [1.807, 2.05) is 0 Å². The summed E-state index contributed by atoms with van der Waals surface area (Å²) in [6.45, 7) is 1.51. The number of carbonyl (C=O) groups is 1. The van der Waals surface area contributed by atoms with Crippen molar-refractivity contribution >= 4 is 21.6 Å². The van der Waals surface area contributed by atoms with Crippen LogP contribution in [-0.4, -0.2) is 42.7 Å². The van der Waals surface area contributed by atoms with Crippen LogP contribution in [-0.2, 0) is 14.8 Å². The molecule has 0 spiro atoms. The average Bonchev–Trinajstić information content (AvgIpc) is 2.41. The maximum absolute atomic E-state index is 13.9. The second-order valence-corrected chi connectivity index (χ2v) is 6.31. The first-order chi connectivity index (χ1) is 9.75. The first-order valence-corrected chi connectivity index (χ1v) is 7.42. The number of nitro benzene ring substituents is 1. The van der Waals surface area contributed by atoms with Gasteiger partial charge in [-0.25, -0.2) is 12.8 Å². The molecule has 1 aromatic rings. The number of sulfonamides is 1. The van der Waals surface area contributed by atoms with Crippen molar-refractivity contribution in [3.05, 3.63) is 34.1 Å². The highest BCUT2D eigenvalue weighted by Gasteiger charge is 2.37. The van der Waals surface area contributed by atoms with Crippen molar-refractivity contribution in [3.8, 4) is 0 Å². The molecule has 0 aromatic heterocycles. The monoisotopic (exact) mass is 317 g/mol. The van der Waals surface area contributed by atoms with Gasteiger partial charge in [0.1, 0.15) is 16.8 Å². The Labute approximate surface area is 119 Å². The lowest BCUT2D eigenvalue weighted by atomic mass is 10.2. The molecule has 1 N–H and O–H groups in total. The fourth-order valence-corrected chi connectivity index (χ4v) is 3.67. The van der Waals surface area contributed by atoms with Crippen molar-refractivity contribution in [2.45, 2.75) is 17.9 Å². The molecule has 114 valence electrons. The minimum Gasteiger partial charge on any atom is -0.353 e. The van der Waals surface area contributed by atoms with Gasteiger partial charge in [0, 0.05) is 19.2 Å². The summed E-state index contributed by atoms with van der Waals surface area (Å²) < 4.78 is 39.5. The molecule has 1 aliphatic rings. The Morgan fingerprint density at radius 3 is 2.71 bits per heavy atom. The van der Waals surface area contributed by atoms with Gasteiger partial charge < -0.3 is 5.32 Å². The summed E-state index contributed by atoms with van der Waals surface area (Å²) in [5.41, 5.74) is -0.545. The number of rotatable bonds is 3. The molecule has 1 amide bonds. The van der Waals surface area contributed by atoms with Gasteiger partial charge in [0.15, 0.2) is 0 Å². The number of piperazine rings is 1. The van der Waals surface area contributed by atoms with Crippen LogP contribution in [0.5, 0.6) is 0 Å². The Bertz CT molecular complexity index is 706. The predicted octanol–water partition coefficient (Wildman–Crippen LogP) is 0.243. The molecule has 1 aromatic carbocycles. The third-order valence-corrected chi connectivity index (χ3v) is 5.16. The van der Waals surface area contributed by atoms with Gasteiger partial charge >= 0.3 is 0 Å². The second kappa shape index (κ2) is 5.37. The number of carbonyl (C=O) groups excluding carboxylic acids is 1. The van der Waals surface area contributed by atoms with Crippen molar-refractivity contribution in [2.75, 3.05) is 13.1 Å². The summed E-state index contributed by atoms with van der Waals surface area (Å²) in [7, 11) is -4.24. The number of amides is 1. The number of nitrogens with one attached hydrogen (secondary N) is 1. The van der Waals surface area contributed by atoms with E-state index < -0.39 is 43.3 Å². The standard InChI is InChI=1S/C11H12FN3O5S/c1-7-11(16)13-4-5-14(7)21(19,20)10-3-2-8(15(17)18)6-9(10)12/h2-3,6-7H,4-5H2,1H3,(H,13,16). The van der Waals surface area contributed by atoms with Crippen LogP contribution in [0.2, 0.25) is 0 Å². The zero-order valence-electron chi connectivity index (χ0n) is 10.9. The summed E-state index contributed by atoms with van der Waals surface area (Å²) in [5, 5.41) is 13.0. The molecule has 0 saturated carbocycles. The number of hydrogen-bond acceptors (Lipinski definition) is 5. The number of benzene rings is 1. The molecule has 10 heteroatoms. The normalized spacial score (nSPS) is 20.1. The fraction of sp³-hybridized carbons (Fsp3) is 0.364. The minimum absolute atomic E-state index is 0.00562. The van der Waals surface area contributed by atoms with Crippen LogP contribution in [0.15, 0.2) is 23.1 Å². The van der Waals surface area contributed by atoms with Crippen LogP contribution in [0.25, 0.3) is 0 Å². The molecule has 1 heterocycles. The molecule has 0 aliphatic carbocycles. The van der Waals surface area contributed by atoms with Gasteiger partial charge in [-0.05, 0) is 13.0 Å². The van der Waals surface area contributed by atoms with E-state index >= 15 is 0 Å². The molecule has 0 bridgehead atoms. The van der Waals surface area contributed by atoms with Crippen molar-refractivity contribution in [1.29, 1.82) is 0 Å². The van der Waals surface area contributed by atoms with Gasteiger partial charge in [-0.1, -0.05) is 0 Å². The summed E-state index contributed by atoms with van der Waals surface area (Å²) in [5.74, 6) is -1.70. The maximum atomic E-state index is 13.9. The zero-order valence-corrected chi connectivity index (χ0v) is 11.8. The van der Waals surface area contributed by atoms with Crippen molar-refractivity contribution < 1.29 is 22.5 Å². The number of hydrogen-bond donors (Lipinski definition) is 1. The molecule has 1 unspecified atom stereocenters. The molecule has 1 fully saturated rings. The highest BCUT2D eigenvalue weighted by molar-refractivity contribution is 7.89. The summed E-state index contributed by atoms with van der Waals surface area (Å²) >= 11 is 0. The van der Waals surface area contributed by atoms with E-state index in [9.17, 15) is 27.7 Å². The third kappa shape index (κ3) is 2.72. The van der Waals surface area contributed by atoms with E-state index in [0.717, 1.165) is 16.4 Å². The summed E-state index contributed by atoms with van der Waals surface area (Å²) in [6, 6.07) is 1.31. The second-order valence-electron chi connectivity index (χ2n) is 4.45. The lowest BCUT2D eigenvalue weighted by Gasteiger charge is -2.31. The highest BCUT2D eigenvalue weighted by atomic mass is 32.2. The van der Waals surface area contributed by atoms with Crippen LogP contribution in [0.4, 0.5) is 10.1 Å². The number of non-ortho nitro benzene ring substituents is 1. The number of nitro groups is 1. The molecular formula is C11H12FN3O5S. The molecule has 1 aliphatic heterocycles. The average molecular weight is 317 g/mol. The van der Waals surface area contributed by atoms with Gasteiger partial charge in [-0.3, -0.25) is 14.9 Å². The number of nitrogens with zero attached hydrogens (tertiary/aromatic N) is 2. The molecular weight excluding hydrogens is 305 g/mol.